The van der Waals surface area contributed by atoms with Gasteiger partial charge in [0.05, 0.1) is 0 Å². The maximum absolute atomic E-state index is 12.0. The zero-order valence-electron chi connectivity index (χ0n) is 15.2. The smallest absolute Gasteiger partial charge is 0.259 e. The first-order chi connectivity index (χ1) is 12.0. The molecule has 0 aromatic heterocycles. The Balaban J connectivity index is 1.71. The monoisotopic (exact) mass is 347 g/mol. The Kier molecular flexibility index (Phi) is 7.73. The number of carbonyl (C=O) groups excluding carboxylic acids is 2. The van der Waals surface area contributed by atoms with Crippen molar-refractivity contribution < 1.29 is 14.3 Å². The number of benzene rings is 1. The van der Waals surface area contributed by atoms with Gasteiger partial charge < -0.3 is 20.3 Å². The van der Waals surface area contributed by atoms with Crippen LogP contribution in [0.5, 0.6) is 5.75 Å². The van der Waals surface area contributed by atoms with Crippen LogP contribution in [0.2, 0.25) is 0 Å². The van der Waals surface area contributed by atoms with Gasteiger partial charge in [-0.25, -0.2) is 0 Å². The lowest BCUT2D eigenvalue weighted by atomic mass is 9.93. The standard InChI is InChI=1S/C19H29N3O3/c1-22(2)19(24)14-25-17-5-3-4-16(12-17)13-21-18(23)7-6-15-8-10-20-11-9-15/h3-5,12,15,20H,6-11,13-14H2,1-2H3,(H,21,23). The summed E-state index contributed by atoms with van der Waals surface area (Å²) in [5.74, 6) is 1.30. The SMILES string of the molecule is CN(C)C(=O)COc1cccc(CNC(=O)CCC2CCNCC2)c1. The Morgan fingerprint density at radius 1 is 1.28 bits per heavy atom. The second-order valence-corrected chi connectivity index (χ2v) is 6.73. The molecule has 25 heavy (non-hydrogen) atoms. The summed E-state index contributed by atoms with van der Waals surface area (Å²) in [7, 11) is 3.39. The van der Waals surface area contributed by atoms with Crippen LogP contribution in [0.4, 0.5) is 0 Å². The van der Waals surface area contributed by atoms with Crippen LogP contribution >= 0.6 is 0 Å². The molecule has 0 saturated carbocycles. The van der Waals surface area contributed by atoms with Gasteiger partial charge in [-0.2, -0.15) is 0 Å². The lowest BCUT2D eigenvalue weighted by molar-refractivity contribution is -0.130. The van der Waals surface area contributed by atoms with Crippen LogP contribution in [-0.2, 0) is 16.1 Å². The molecular formula is C19H29N3O3. The van der Waals surface area contributed by atoms with Crippen LogP contribution in [0.15, 0.2) is 24.3 Å². The van der Waals surface area contributed by atoms with E-state index in [1.807, 2.05) is 24.3 Å². The van der Waals surface area contributed by atoms with E-state index >= 15 is 0 Å². The summed E-state index contributed by atoms with van der Waals surface area (Å²) < 4.78 is 5.49. The third kappa shape index (κ3) is 7.13. The number of amides is 2. The molecule has 1 aliphatic heterocycles. The Morgan fingerprint density at radius 2 is 2.04 bits per heavy atom. The molecule has 0 atom stereocenters. The Bertz CT molecular complexity index is 569. The van der Waals surface area contributed by atoms with E-state index in [9.17, 15) is 9.59 Å². The summed E-state index contributed by atoms with van der Waals surface area (Å²) in [4.78, 5) is 25.1. The van der Waals surface area contributed by atoms with Gasteiger partial charge in [-0.3, -0.25) is 9.59 Å². The first-order valence-corrected chi connectivity index (χ1v) is 8.94. The van der Waals surface area contributed by atoms with Crippen molar-refractivity contribution in [3.8, 4) is 5.75 Å². The van der Waals surface area contributed by atoms with Gasteiger partial charge >= 0.3 is 0 Å². The zero-order valence-corrected chi connectivity index (χ0v) is 15.2. The fourth-order valence-corrected chi connectivity index (χ4v) is 2.81. The average Bonchev–Trinajstić information content (AvgIpc) is 2.63. The molecule has 1 aromatic carbocycles. The molecule has 0 radical (unpaired) electrons. The Morgan fingerprint density at radius 3 is 2.76 bits per heavy atom. The fourth-order valence-electron chi connectivity index (χ4n) is 2.81. The number of likely N-dealkylation sites (N-methyl/N-ethyl adjacent to an activating group) is 1. The summed E-state index contributed by atoms with van der Waals surface area (Å²) in [6.45, 7) is 2.62. The van der Waals surface area contributed by atoms with Crippen LogP contribution in [0.3, 0.4) is 0 Å². The van der Waals surface area contributed by atoms with E-state index < -0.39 is 0 Å². The number of hydrogen-bond donors (Lipinski definition) is 2. The highest BCUT2D eigenvalue weighted by molar-refractivity contribution is 5.77. The van der Waals surface area contributed by atoms with Gasteiger partial charge in [-0.1, -0.05) is 12.1 Å². The van der Waals surface area contributed by atoms with Gasteiger partial charge in [-0.05, 0) is 56.0 Å². The molecule has 2 amide bonds. The minimum Gasteiger partial charge on any atom is -0.484 e. The van der Waals surface area contributed by atoms with E-state index in [2.05, 4.69) is 10.6 Å². The highest BCUT2D eigenvalue weighted by Gasteiger charge is 2.14. The van der Waals surface area contributed by atoms with Crippen molar-refractivity contribution in [3.63, 3.8) is 0 Å². The predicted octanol–water partition coefficient (Wildman–Crippen LogP) is 1.55. The number of rotatable bonds is 8. The largest absolute Gasteiger partial charge is 0.484 e. The van der Waals surface area contributed by atoms with Gasteiger partial charge in [0.1, 0.15) is 5.75 Å². The zero-order chi connectivity index (χ0) is 18.1. The summed E-state index contributed by atoms with van der Waals surface area (Å²) in [6.07, 6.45) is 3.87. The third-order valence-corrected chi connectivity index (χ3v) is 4.49. The molecule has 2 rings (SSSR count). The fraction of sp³-hybridized carbons (Fsp3) is 0.579. The second kappa shape index (κ2) is 10.0. The number of nitrogens with one attached hydrogen (secondary N) is 2. The van der Waals surface area contributed by atoms with Crippen molar-refractivity contribution in [2.24, 2.45) is 5.92 Å². The van der Waals surface area contributed by atoms with Gasteiger partial charge in [-0.15, -0.1) is 0 Å². The molecule has 1 fully saturated rings. The van der Waals surface area contributed by atoms with Crippen molar-refractivity contribution in [3.05, 3.63) is 29.8 Å². The van der Waals surface area contributed by atoms with Crippen molar-refractivity contribution >= 4 is 11.8 Å². The lowest BCUT2D eigenvalue weighted by Crippen LogP contribution is -2.29. The van der Waals surface area contributed by atoms with Crippen LogP contribution in [-0.4, -0.2) is 50.5 Å². The third-order valence-electron chi connectivity index (χ3n) is 4.49. The highest BCUT2D eigenvalue weighted by Crippen LogP contribution is 2.18. The minimum absolute atomic E-state index is 0.0130. The molecule has 6 heteroatoms. The summed E-state index contributed by atoms with van der Waals surface area (Å²) >= 11 is 0. The first kappa shape index (κ1) is 19.2. The molecule has 6 nitrogen and oxygen atoms in total. The number of carbonyl (C=O) groups is 2. The number of hydrogen-bond acceptors (Lipinski definition) is 4. The van der Waals surface area contributed by atoms with Crippen LogP contribution < -0.4 is 15.4 Å². The normalized spacial score (nSPS) is 14.8. The van der Waals surface area contributed by atoms with Crippen LogP contribution in [0.1, 0.15) is 31.2 Å². The molecule has 1 aliphatic rings. The molecule has 0 bridgehead atoms. The Hall–Kier alpha value is -2.08. The van der Waals surface area contributed by atoms with Crippen molar-refractivity contribution in [1.82, 2.24) is 15.5 Å². The Labute approximate surface area is 149 Å². The van der Waals surface area contributed by atoms with E-state index in [0.717, 1.165) is 25.1 Å². The first-order valence-electron chi connectivity index (χ1n) is 8.94. The van der Waals surface area contributed by atoms with Crippen LogP contribution in [0, 0.1) is 5.92 Å². The van der Waals surface area contributed by atoms with E-state index in [4.69, 9.17) is 4.74 Å². The summed E-state index contributed by atoms with van der Waals surface area (Å²) in [5, 5.41) is 6.31. The maximum Gasteiger partial charge on any atom is 0.259 e. The quantitative estimate of drug-likeness (QED) is 0.748. The molecule has 1 saturated heterocycles. The molecular weight excluding hydrogens is 318 g/mol. The minimum atomic E-state index is -0.0865. The molecule has 0 spiro atoms. The lowest BCUT2D eigenvalue weighted by Gasteiger charge is -2.22. The molecule has 138 valence electrons. The number of ether oxygens (including phenoxy) is 1. The highest BCUT2D eigenvalue weighted by atomic mass is 16.5. The van der Waals surface area contributed by atoms with E-state index in [1.165, 1.54) is 17.7 Å². The topological polar surface area (TPSA) is 70.7 Å². The molecule has 0 unspecified atom stereocenters. The van der Waals surface area contributed by atoms with Gasteiger partial charge in [0.2, 0.25) is 5.91 Å². The molecule has 0 aliphatic carbocycles. The van der Waals surface area contributed by atoms with Crippen molar-refractivity contribution in [2.45, 2.75) is 32.2 Å². The van der Waals surface area contributed by atoms with Gasteiger partial charge in [0.15, 0.2) is 6.61 Å². The van der Waals surface area contributed by atoms with E-state index in [1.54, 1.807) is 14.1 Å². The van der Waals surface area contributed by atoms with Crippen LogP contribution in [0.25, 0.3) is 0 Å². The predicted molar refractivity (Wildman–Crippen MR) is 97.3 cm³/mol. The summed E-state index contributed by atoms with van der Waals surface area (Å²) in [5.41, 5.74) is 0.963. The number of nitrogens with zero attached hydrogens (tertiary/aromatic N) is 1. The average molecular weight is 347 g/mol. The maximum atomic E-state index is 12.0. The number of piperidine rings is 1. The molecule has 1 aromatic rings. The molecule has 1 heterocycles. The molecule has 2 N–H and O–H groups in total. The second-order valence-electron chi connectivity index (χ2n) is 6.73. The van der Waals surface area contributed by atoms with E-state index in [0.29, 0.717) is 24.6 Å². The van der Waals surface area contributed by atoms with Crippen molar-refractivity contribution in [1.29, 1.82) is 0 Å². The van der Waals surface area contributed by atoms with Gasteiger partial charge in [0.25, 0.3) is 5.91 Å². The summed E-state index contributed by atoms with van der Waals surface area (Å²) in [6, 6.07) is 7.47. The van der Waals surface area contributed by atoms with Gasteiger partial charge in [0, 0.05) is 27.1 Å². The van der Waals surface area contributed by atoms with Crippen molar-refractivity contribution in [2.75, 3.05) is 33.8 Å². The van der Waals surface area contributed by atoms with E-state index in [-0.39, 0.29) is 18.4 Å².